The molecule has 0 fully saturated rings. The van der Waals surface area contributed by atoms with Gasteiger partial charge in [-0.05, 0) is 56.5 Å². The zero-order valence-electron chi connectivity index (χ0n) is 19.5. The molecule has 2 aromatic carbocycles. The van der Waals surface area contributed by atoms with Crippen LogP contribution in [-0.2, 0) is 20.9 Å². The number of esters is 1. The van der Waals surface area contributed by atoms with E-state index in [1.165, 1.54) is 0 Å². The Hall–Kier alpha value is -3.92. The molecule has 2 N–H and O–H groups in total. The number of nitriles is 1. The highest BCUT2D eigenvalue weighted by atomic mass is 16.5. The number of para-hydroxylation sites is 1. The standard InChI is InChI=1S/C26H28N2O5/c1-6-31-26(29)22-17(4)33-25(28)20(13-27)23(22)18-10-11-21(30-5)19(12-18)14-32-24-15(2)8-7-9-16(24)3/h7-12,23H,6,14,28H2,1-5H3. The molecule has 3 rings (SSSR count). The van der Waals surface area contributed by atoms with E-state index in [-0.39, 0.29) is 30.2 Å². The molecule has 0 amide bonds. The SMILES string of the molecule is CCOC(=O)C1=C(C)OC(N)=C(C#N)C1c1ccc(OC)c(COc2c(C)cccc2C)c1. The van der Waals surface area contributed by atoms with Gasteiger partial charge in [0.05, 0.1) is 25.2 Å². The lowest BCUT2D eigenvalue weighted by Crippen LogP contribution is -2.25. The van der Waals surface area contributed by atoms with Gasteiger partial charge in [-0.3, -0.25) is 0 Å². The van der Waals surface area contributed by atoms with Crippen molar-refractivity contribution >= 4 is 5.97 Å². The molecular weight excluding hydrogens is 420 g/mol. The predicted octanol–water partition coefficient (Wildman–Crippen LogP) is 4.54. The number of carbonyl (C=O) groups excluding carboxylic acids is 1. The molecule has 1 aliphatic rings. The number of hydrogen-bond acceptors (Lipinski definition) is 7. The number of benzene rings is 2. The summed E-state index contributed by atoms with van der Waals surface area (Å²) in [6.07, 6.45) is 0. The zero-order valence-corrected chi connectivity index (χ0v) is 19.5. The number of allylic oxidation sites excluding steroid dienone is 2. The van der Waals surface area contributed by atoms with Crippen LogP contribution < -0.4 is 15.2 Å². The molecule has 0 aliphatic carbocycles. The lowest BCUT2D eigenvalue weighted by atomic mass is 9.82. The summed E-state index contributed by atoms with van der Waals surface area (Å²) >= 11 is 0. The Morgan fingerprint density at radius 2 is 1.88 bits per heavy atom. The number of ether oxygens (including phenoxy) is 4. The van der Waals surface area contributed by atoms with Crippen molar-refractivity contribution in [3.8, 4) is 17.6 Å². The summed E-state index contributed by atoms with van der Waals surface area (Å²) in [5.74, 6) is 0.431. The van der Waals surface area contributed by atoms with Crippen LogP contribution in [0, 0.1) is 25.2 Å². The molecule has 7 nitrogen and oxygen atoms in total. The van der Waals surface area contributed by atoms with Crippen LogP contribution in [0.25, 0.3) is 0 Å². The second-order valence-corrected chi connectivity index (χ2v) is 7.70. The molecule has 1 atom stereocenters. The van der Waals surface area contributed by atoms with Gasteiger partial charge in [0.1, 0.15) is 35.5 Å². The highest BCUT2D eigenvalue weighted by molar-refractivity contribution is 5.92. The van der Waals surface area contributed by atoms with Crippen LogP contribution in [0.1, 0.15) is 42.0 Å². The minimum Gasteiger partial charge on any atom is -0.496 e. The van der Waals surface area contributed by atoms with Crippen LogP contribution in [0.3, 0.4) is 0 Å². The average Bonchev–Trinajstić information content (AvgIpc) is 2.78. The second kappa shape index (κ2) is 10.1. The highest BCUT2D eigenvalue weighted by Gasteiger charge is 2.36. The quantitative estimate of drug-likeness (QED) is 0.620. The Morgan fingerprint density at radius 1 is 1.18 bits per heavy atom. The van der Waals surface area contributed by atoms with Crippen molar-refractivity contribution < 1.29 is 23.7 Å². The molecular formula is C26H28N2O5. The molecule has 1 heterocycles. The monoisotopic (exact) mass is 448 g/mol. The van der Waals surface area contributed by atoms with Gasteiger partial charge in [0.15, 0.2) is 0 Å². The van der Waals surface area contributed by atoms with Crippen molar-refractivity contribution in [2.45, 2.75) is 40.2 Å². The average molecular weight is 449 g/mol. The maximum Gasteiger partial charge on any atom is 0.338 e. The fraction of sp³-hybridized carbons (Fsp3) is 0.308. The summed E-state index contributed by atoms with van der Waals surface area (Å²) < 4.78 is 22.4. The van der Waals surface area contributed by atoms with Crippen molar-refractivity contribution in [2.24, 2.45) is 5.73 Å². The third-order valence-corrected chi connectivity index (χ3v) is 5.52. The normalized spacial score (nSPS) is 15.6. The van der Waals surface area contributed by atoms with Gasteiger partial charge in [0.2, 0.25) is 5.88 Å². The van der Waals surface area contributed by atoms with Gasteiger partial charge in [-0.2, -0.15) is 5.26 Å². The Labute approximate surface area is 194 Å². The number of hydrogen-bond donors (Lipinski definition) is 1. The van der Waals surface area contributed by atoms with E-state index in [0.717, 1.165) is 22.4 Å². The number of carbonyl (C=O) groups is 1. The van der Waals surface area contributed by atoms with Gasteiger partial charge in [-0.1, -0.05) is 24.3 Å². The Kier molecular flexibility index (Phi) is 7.29. The highest BCUT2D eigenvalue weighted by Crippen LogP contribution is 2.41. The molecule has 0 saturated carbocycles. The lowest BCUT2D eigenvalue weighted by Gasteiger charge is -2.27. The topological polar surface area (TPSA) is 104 Å². The molecule has 0 saturated heterocycles. The summed E-state index contributed by atoms with van der Waals surface area (Å²) in [4.78, 5) is 12.8. The van der Waals surface area contributed by atoms with E-state index in [1.807, 2.05) is 38.1 Å². The van der Waals surface area contributed by atoms with Gasteiger partial charge in [-0.15, -0.1) is 0 Å². The Morgan fingerprint density at radius 3 is 2.48 bits per heavy atom. The molecule has 0 aromatic heterocycles. The largest absolute Gasteiger partial charge is 0.496 e. The molecule has 2 aromatic rings. The number of aryl methyl sites for hydroxylation is 2. The lowest BCUT2D eigenvalue weighted by molar-refractivity contribution is -0.139. The van der Waals surface area contributed by atoms with Gasteiger partial charge in [-0.25, -0.2) is 4.79 Å². The van der Waals surface area contributed by atoms with Crippen molar-refractivity contribution in [2.75, 3.05) is 13.7 Å². The van der Waals surface area contributed by atoms with E-state index in [1.54, 1.807) is 33.1 Å². The predicted molar refractivity (Wildman–Crippen MR) is 123 cm³/mol. The molecule has 0 bridgehead atoms. The minimum absolute atomic E-state index is 0.0304. The van der Waals surface area contributed by atoms with E-state index in [2.05, 4.69) is 6.07 Å². The molecule has 7 heteroatoms. The third kappa shape index (κ3) is 4.80. The van der Waals surface area contributed by atoms with Crippen LogP contribution in [0.5, 0.6) is 11.5 Å². The maximum atomic E-state index is 12.8. The number of nitrogens with two attached hydrogens (primary N) is 1. The van der Waals surface area contributed by atoms with Crippen LogP contribution in [0.2, 0.25) is 0 Å². The second-order valence-electron chi connectivity index (χ2n) is 7.70. The van der Waals surface area contributed by atoms with E-state index in [0.29, 0.717) is 17.1 Å². The van der Waals surface area contributed by atoms with E-state index >= 15 is 0 Å². The first-order valence-electron chi connectivity index (χ1n) is 10.6. The van der Waals surface area contributed by atoms with Gasteiger partial charge in [0.25, 0.3) is 0 Å². The van der Waals surface area contributed by atoms with Crippen LogP contribution in [0.4, 0.5) is 0 Å². The molecule has 33 heavy (non-hydrogen) atoms. The van der Waals surface area contributed by atoms with Gasteiger partial charge >= 0.3 is 5.97 Å². The minimum atomic E-state index is -0.729. The first kappa shape index (κ1) is 23.7. The maximum absolute atomic E-state index is 12.8. The van der Waals surface area contributed by atoms with Gasteiger partial charge < -0.3 is 24.7 Å². The third-order valence-electron chi connectivity index (χ3n) is 5.52. The van der Waals surface area contributed by atoms with Crippen LogP contribution in [0.15, 0.2) is 59.2 Å². The van der Waals surface area contributed by atoms with Crippen molar-refractivity contribution in [3.63, 3.8) is 0 Å². The number of methoxy groups -OCH3 is 1. The molecule has 1 aliphatic heterocycles. The Bertz CT molecular complexity index is 1150. The summed E-state index contributed by atoms with van der Waals surface area (Å²) in [5.41, 5.74) is 9.90. The number of rotatable bonds is 7. The smallest absolute Gasteiger partial charge is 0.338 e. The summed E-state index contributed by atoms with van der Waals surface area (Å²) in [6.45, 7) is 7.77. The summed E-state index contributed by atoms with van der Waals surface area (Å²) in [6, 6.07) is 13.5. The first-order valence-corrected chi connectivity index (χ1v) is 10.6. The van der Waals surface area contributed by atoms with E-state index < -0.39 is 11.9 Å². The molecule has 172 valence electrons. The van der Waals surface area contributed by atoms with Crippen molar-refractivity contribution in [3.05, 3.63) is 81.4 Å². The molecule has 0 spiro atoms. The Balaban J connectivity index is 2.06. The van der Waals surface area contributed by atoms with Crippen molar-refractivity contribution in [1.29, 1.82) is 5.26 Å². The summed E-state index contributed by atoms with van der Waals surface area (Å²) in [5, 5.41) is 9.80. The molecule has 0 radical (unpaired) electrons. The number of nitrogens with zero attached hydrogens (tertiary/aromatic N) is 1. The van der Waals surface area contributed by atoms with Crippen molar-refractivity contribution in [1.82, 2.24) is 0 Å². The van der Waals surface area contributed by atoms with E-state index in [9.17, 15) is 10.1 Å². The van der Waals surface area contributed by atoms with Gasteiger partial charge in [0, 0.05) is 5.56 Å². The zero-order chi connectivity index (χ0) is 24.1. The molecule has 1 unspecified atom stereocenters. The fourth-order valence-electron chi connectivity index (χ4n) is 3.96. The summed E-state index contributed by atoms with van der Waals surface area (Å²) in [7, 11) is 1.58. The van der Waals surface area contributed by atoms with E-state index in [4.69, 9.17) is 24.7 Å². The first-order chi connectivity index (χ1) is 15.8. The van der Waals surface area contributed by atoms with Crippen LogP contribution >= 0.6 is 0 Å². The van der Waals surface area contributed by atoms with Crippen LogP contribution in [-0.4, -0.2) is 19.7 Å². The fourth-order valence-corrected chi connectivity index (χ4v) is 3.96.